The van der Waals surface area contributed by atoms with Gasteiger partial charge in [0.1, 0.15) is 7.05 Å². The van der Waals surface area contributed by atoms with E-state index in [0.717, 1.165) is 0 Å². The van der Waals surface area contributed by atoms with Gasteiger partial charge in [0.05, 0.1) is 6.33 Å². The van der Waals surface area contributed by atoms with E-state index in [1.807, 2.05) is 42.2 Å². The molecule has 0 bridgehead atoms. The lowest BCUT2D eigenvalue weighted by molar-refractivity contribution is -0.671. The van der Waals surface area contributed by atoms with Crippen molar-refractivity contribution in [2.75, 3.05) is 0 Å². The van der Waals surface area contributed by atoms with Crippen molar-refractivity contribution in [3.05, 3.63) is 49.3 Å². The van der Waals surface area contributed by atoms with Crippen LogP contribution < -0.4 is 28.5 Å². The van der Waals surface area contributed by atoms with E-state index in [-0.39, 0.29) is 24.0 Å². The predicted octanol–water partition coefficient (Wildman–Crippen LogP) is -2.08. The monoisotopic (exact) mass is 289 g/mol. The number of imidazole rings is 1. The molecule has 2 rings (SSSR count). The van der Waals surface area contributed by atoms with E-state index < -0.39 is 0 Å². The molecule has 0 atom stereocenters. The minimum absolute atomic E-state index is 0. The van der Waals surface area contributed by atoms with Crippen molar-refractivity contribution in [3.63, 3.8) is 0 Å². The maximum absolute atomic E-state index is 3.67. The van der Waals surface area contributed by atoms with E-state index in [4.69, 9.17) is 0 Å². The van der Waals surface area contributed by atoms with Crippen LogP contribution in [0.2, 0.25) is 0 Å². The Bertz CT molecular complexity index is 264. The van der Waals surface area contributed by atoms with Gasteiger partial charge in [-0.2, -0.15) is 0 Å². The van der Waals surface area contributed by atoms with Crippen molar-refractivity contribution in [1.82, 2.24) is 9.97 Å². The van der Waals surface area contributed by atoms with E-state index in [2.05, 4.69) is 9.97 Å². The number of hydrogen-bond donors (Lipinski definition) is 1. The summed E-state index contributed by atoms with van der Waals surface area (Å²) in [5.74, 6) is 0. The number of hydrogen-bond acceptors (Lipinski definition) is 1. The fourth-order valence-corrected chi connectivity index (χ4v) is 0.700. The zero-order valence-corrected chi connectivity index (χ0v) is 9.55. The van der Waals surface area contributed by atoms with Gasteiger partial charge in [0.15, 0.2) is 12.4 Å². The molecule has 3 nitrogen and oxygen atoms in total. The third-order valence-corrected chi connectivity index (χ3v) is 1.27. The van der Waals surface area contributed by atoms with Crippen LogP contribution in [-0.2, 0) is 7.05 Å². The Morgan fingerprint density at radius 3 is 2.08 bits per heavy atom. The lowest BCUT2D eigenvalue weighted by Gasteiger charge is -1.77. The molecule has 0 aliphatic carbocycles. The minimum atomic E-state index is 0. The van der Waals surface area contributed by atoms with E-state index >= 15 is 0 Å². The van der Waals surface area contributed by atoms with Gasteiger partial charge in [0, 0.05) is 24.5 Å². The Kier molecular flexibility index (Phi) is 7.18. The molecule has 0 unspecified atom stereocenters. The Morgan fingerprint density at radius 2 is 1.85 bits per heavy atom. The largest absolute Gasteiger partial charge is 1.00 e. The second-order valence-corrected chi connectivity index (χ2v) is 2.30. The molecule has 2 aromatic rings. The van der Waals surface area contributed by atoms with Crippen LogP contribution in [-0.4, -0.2) is 9.97 Å². The fourth-order valence-electron chi connectivity index (χ4n) is 0.700. The minimum Gasteiger partial charge on any atom is -1.00 e. The predicted molar refractivity (Wildman–Crippen MR) is 46.2 cm³/mol. The van der Waals surface area contributed by atoms with Crippen molar-refractivity contribution in [1.29, 1.82) is 0 Å². The zero-order valence-electron chi connectivity index (χ0n) is 7.39. The van der Waals surface area contributed by atoms with Gasteiger partial charge in [0.2, 0.25) is 0 Å². The van der Waals surface area contributed by atoms with Crippen LogP contribution in [0.5, 0.6) is 0 Å². The molecule has 0 saturated carbocycles. The highest BCUT2D eigenvalue weighted by atomic mass is 127. The molecule has 2 heterocycles. The Balaban J connectivity index is 0.000000215. The maximum Gasteiger partial charge on any atom is 0.168 e. The third-order valence-electron chi connectivity index (χ3n) is 1.27. The summed E-state index contributed by atoms with van der Waals surface area (Å²) in [5.41, 5.74) is 0. The Morgan fingerprint density at radius 1 is 1.15 bits per heavy atom. The van der Waals surface area contributed by atoms with Crippen molar-refractivity contribution < 1.29 is 28.5 Å². The summed E-state index contributed by atoms with van der Waals surface area (Å²) in [6, 6.07) is 6.00. The topological polar surface area (TPSA) is 32.6 Å². The van der Waals surface area contributed by atoms with Crippen LogP contribution in [0, 0.1) is 0 Å². The Labute approximate surface area is 94.9 Å². The van der Waals surface area contributed by atoms with Gasteiger partial charge < -0.3 is 29.0 Å². The summed E-state index contributed by atoms with van der Waals surface area (Å²) in [6.45, 7) is 0. The normalized spacial score (nSPS) is 7.77. The summed E-state index contributed by atoms with van der Waals surface area (Å²) < 4.78 is 2.00. The molecule has 4 heteroatoms. The van der Waals surface area contributed by atoms with Crippen LogP contribution in [0.25, 0.3) is 0 Å². The smallest absolute Gasteiger partial charge is 0.168 e. The van der Waals surface area contributed by atoms with E-state index in [9.17, 15) is 0 Å². The molecule has 0 fully saturated rings. The molecule has 13 heavy (non-hydrogen) atoms. The van der Waals surface area contributed by atoms with Crippen LogP contribution in [0.4, 0.5) is 0 Å². The summed E-state index contributed by atoms with van der Waals surface area (Å²) in [5, 5.41) is 0. The number of nitrogens with zero attached hydrogens (tertiary/aromatic N) is 2. The average Bonchev–Trinajstić information content (AvgIpc) is 2.62. The van der Waals surface area contributed by atoms with Gasteiger partial charge in [-0.25, -0.2) is 9.55 Å². The molecule has 0 aliphatic rings. The molecule has 0 aliphatic heterocycles. The SMILES string of the molecule is C[n+]1ccccc1.[I-].c1c[nH]cn1. The first-order chi connectivity index (χ1) is 5.89. The number of aryl methyl sites for hydroxylation is 1. The van der Waals surface area contributed by atoms with Gasteiger partial charge in [-0.3, -0.25) is 0 Å². The molecule has 1 N–H and O–H groups in total. The lowest BCUT2D eigenvalue weighted by atomic mass is 10.5. The van der Waals surface area contributed by atoms with Crippen LogP contribution >= 0.6 is 0 Å². The first-order valence-corrected chi connectivity index (χ1v) is 3.72. The van der Waals surface area contributed by atoms with Crippen LogP contribution in [0.1, 0.15) is 0 Å². The molecule has 0 aromatic carbocycles. The molecule has 70 valence electrons. The van der Waals surface area contributed by atoms with Gasteiger partial charge in [0.25, 0.3) is 0 Å². The molecular weight excluding hydrogens is 277 g/mol. The van der Waals surface area contributed by atoms with Gasteiger partial charge in [-0.15, -0.1) is 0 Å². The molecule has 0 amide bonds. The third kappa shape index (κ3) is 6.27. The van der Waals surface area contributed by atoms with Crippen LogP contribution in [0.3, 0.4) is 0 Å². The first kappa shape index (κ1) is 12.1. The standard InChI is InChI=1S/C6H8N.C3H4N2.HI/c1-7-5-3-2-4-6-7;1-2-5-3-4-1;/h2-6H,1H3;1-3H,(H,4,5);1H/q+1;;/p-1. The molecular formula is C9H12IN3. The van der Waals surface area contributed by atoms with Crippen molar-refractivity contribution >= 4 is 0 Å². The number of nitrogens with one attached hydrogen (secondary N) is 1. The first-order valence-electron chi connectivity index (χ1n) is 3.72. The second-order valence-electron chi connectivity index (χ2n) is 2.30. The number of rotatable bonds is 0. The molecule has 0 spiro atoms. The van der Waals surface area contributed by atoms with Crippen LogP contribution in [0.15, 0.2) is 49.3 Å². The number of halogens is 1. The summed E-state index contributed by atoms with van der Waals surface area (Å²) in [7, 11) is 2.00. The highest BCUT2D eigenvalue weighted by molar-refractivity contribution is 4.83. The highest BCUT2D eigenvalue weighted by Gasteiger charge is 1.78. The van der Waals surface area contributed by atoms with Crippen molar-refractivity contribution in [2.24, 2.45) is 7.05 Å². The van der Waals surface area contributed by atoms with Crippen molar-refractivity contribution in [2.45, 2.75) is 0 Å². The fraction of sp³-hybridized carbons (Fsp3) is 0.111. The number of pyridine rings is 1. The van der Waals surface area contributed by atoms with E-state index in [0.29, 0.717) is 0 Å². The second kappa shape index (κ2) is 7.72. The summed E-state index contributed by atoms with van der Waals surface area (Å²) in [4.78, 5) is 6.42. The van der Waals surface area contributed by atoms with Gasteiger partial charge in [-0.05, 0) is 0 Å². The number of H-pyrrole nitrogens is 1. The Hall–Kier alpha value is -0.910. The summed E-state index contributed by atoms with van der Waals surface area (Å²) >= 11 is 0. The van der Waals surface area contributed by atoms with E-state index in [1.54, 1.807) is 18.7 Å². The maximum atomic E-state index is 3.67. The van der Waals surface area contributed by atoms with Gasteiger partial charge >= 0.3 is 0 Å². The number of aromatic nitrogens is 3. The lowest BCUT2D eigenvalue weighted by Crippen LogP contribution is -3.00. The number of aromatic amines is 1. The average molecular weight is 289 g/mol. The summed E-state index contributed by atoms with van der Waals surface area (Å²) in [6.07, 6.45) is 9.08. The highest BCUT2D eigenvalue weighted by Crippen LogP contribution is 1.71. The molecule has 0 saturated heterocycles. The molecule has 0 radical (unpaired) electrons. The zero-order chi connectivity index (χ0) is 8.65. The van der Waals surface area contributed by atoms with Gasteiger partial charge in [-0.1, -0.05) is 6.07 Å². The van der Waals surface area contributed by atoms with Crippen molar-refractivity contribution in [3.8, 4) is 0 Å². The van der Waals surface area contributed by atoms with E-state index in [1.165, 1.54) is 0 Å². The quantitative estimate of drug-likeness (QED) is 0.438. The molecule has 2 aromatic heterocycles.